The molecule has 0 bridgehead atoms. The van der Waals surface area contributed by atoms with Gasteiger partial charge in [0.25, 0.3) is 0 Å². The number of allylic oxidation sites excluding steroid dienone is 1. The Bertz CT molecular complexity index is 427. The van der Waals surface area contributed by atoms with E-state index >= 15 is 0 Å². The lowest BCUT2D eigenvalue weighted by Gasteiger charge is -2.59. The van der Waals surface area contributed by atoms with Crippen LogP contribution in [0.2, 0.25) is 0 Å². The van der Waals surface area contributed by atoms with Gasteiger partial charge in [-0.05, 0) is 80.0 Å². The van der Waals surface area contributed by atoms with Gasteiger partial charge in [-0.15, -0.1) is 0 Å². The van der Waals surface area contributed by atoms with Crippen molar-refractivity contribution in [3.63, 3.8) is 0 Å². The second-order valence-electron chi connectivity index (χ2n) is 8.65. The highest BCUT2D eigenvalue weighted by molar-refractivity contribution is 5.16. The average Bonchev–Trinajstić information content (AvgIpc) is 2.80. The van der Waals surface area contributed by atoms with E-state index in [4.69, 9.17) is 4.74 Å². The second kappa shape index (κ2) is 4.35. The van der Waals surface area contributed by atoms with E-state index in [9.17, 15) is 0 Å². The Kier molecular flexibility index (Phi) is 2.91. The van der Waals surface area contributed by atoms with E-state index in [1.54, 1.807) is 5.57 Å². The van der Waals surface area contributed by atoms with Crippen LogP contribution in [-0.4, -0.2) is 12.7 Å². The first-order chi connectivity index (χ1) is 9.55. The molecule has 4 aliphatic rings. The summed E-state index contributed by atoms with van der Waals surface area (Å²) in [5.41, 5.74) is 2.60. The fourth-order valence-corrected chi connectivity index (χ4v) is 6.60. The summed E-state index contributed by atoms with van der Waals surface area (Å²) in [5.74, 6) is 2.54. The molecule has 4 fully saturated rings. The molecule has 0 aromatic rings. The van der Waals surface area contributed by atoms with Crippen LogP contribution in [0, 0.1) is 28.6 Å². The molecule has 0 radical (unpaired) electrons. The van der Waals surface area contributed by atoms with Gasteiger partial charge in [0.1, 0.15) is 0 Å². The Hall–Kier alpha value is -0.300. The molecule has 1 heterocycles. The van der Waals surface area contributed by atoms with E-state index in [2.05, 4.69) is 20.4 Å². The normalized spacial score (nSPS) is 55.0. The highest BCUT2D eigenvalue weighted by atomic mass is 16.5. The lowest BCUT2D eigenvalue weighted by atomic mass is 9.46. The van der Waals surface area contributed by atoms with E-state index in [0.717, 1.165) is 24.4 Å². The molecule has 0 aromatic heterocycles. The van der Waals surface area contributed by atoms with Crippen LogP contribution >= 0.6 is 0 Å². The van der Waals surface area contributed by atoms with Crippen molar-refractivity contribution in [3.8, 4) is 0 Å². The van der Waals surface area contributed by atoms with Crippen LogP contribution in [0.15, 0.2) is 12.2 Å². The Balaban J connectivity index is 1.67. The smallest absolute Gasteiger partial charge is 0.0660 e. The van der Waals surface area contributed by atoms with Crippen molar-refractivity contribution < 1.29 is 4.74 Å². The van der Waals surface area contributed by atoms with Gasteiger partial charge >= 0.3 is 0 Å². The Labute approximate surface area is 124 Å². The lowest BCUT2D eigenvalue weighted by molar-refractivity contribution is -0.123. The zero-order chi connectivity index (χ0) is 14.0. The molecule has 4 rings (SSSR count). The maximum Gasteiger partial charge on any atom is 0.0660 e. The molecule has 112 valence electrons. The van der Waals surface area contributed by atoms with E-state index in [1.165, 1.54) is 51.4 Å². The maximum atomic E-state index is 6.26. The summed E-state index contributed by atoms with van der Waals surface area (Å²) in [6.07, 6.45) is 11.6. The minimum absolute atomic E-state index is 0.496. The number of hydrogen-bond donors (Lipinski definition) is 0. The standard InChI is InChI=1S/C19H30O/c1-13-5-4-9-19(3)15(13)7-6-14-16(19)8-10-18(2)11-12-20-17(14)18/h14-17H,1,4-12H2,2-3H3/t14-,15?,16-,17+,18+,19-/m0/s1. The van der Waals surface area contributed by atoms with E-state index in [0.29, 0.717) is 16.9 Å². The average molecular weight is 274 g/mol. The molecule has 3 aliphatic carbocycles. The number of rotatable bonds is 0. The van der Waals surface area contributed by atoms with Crippen LogP contribution in [0.4, 0.5) is 0 Å². The van der Waals surface area contributed by atoms with Crippen molar-refractivity contribution in [2.45, 2.75) is 71.3 Å². The van der Waals surface area contributed by atoms with Gasteiger partial charge in [0.05, 0.1) is 6.10 Å². The molecule has 0 aromatic carbocycles. The van der Waals surface area contributed by atoms with Crippen LogP contribution in [0.25, 0.3) is 0 Å². The summed E-state index contributed by atoms with van der Waals surface area (Å²) < 4.78 is 6.26. The summed E-state index contributed by atoms with van der Waals surface area (Å²) in [7, 11) is 0. The fraction of sp³-hybridized carbons (Fsp3) is 0.895. The molecule has 0 spiro atoms. The molecule has 3 saturated carbocycles. The monoisotopic (exact) mass is 274 g/mol. The van der Waals surface area contributed by atoms with E-state index < -0.39 is 0 Å². The van der Waals surface area contributed by atoms with Crippen LogP contribution < -0.4 is 0 Å². The van der Waals surface area contributed by atoms with Crippen LogP contribution in [0.3, 0.4) is 0 Å². The summed E-state index contributed by atoms with van der Waals surface area (Å²) >= 11 is 0. The third kappa shape index (κ3) is 1.65. The van der Waals surface area contributed by atoms with Gasteiger partial charge in [0.15, 0.2) is 0 Å². The van der Waals surface area contributed by atoms with Crippen molar-refractivity contribution >= 4 is 0 Å². The minimum atomic E-state index is 0.496. The van der Waals surface area contributed by atoms with Gasteiger partial charge in [-0.3, -0.25) is 0 Å². The number of fused-ring (bicyclic) bond motifs is 5. The van der Waals surface area contributed by atoms with Crippen molar-refractivity contribution in [3.05, 3.63) is 12.2 Å². The van der Waals surface area contributed by atoms with Gasteiger partial charge in [0, 0.05) is 6.61 Å². The highest BCUT2D eigenvalue weighted by Crippen LogP contribution is 2.63. The Morgan fingerprint density at radius 1 is 1.10 bits per heavy atom. The molecule has 1 aliphatic heterocycles. The maximum absolute atomic E-state index is 6.26. The zero-order valence-corrected chi connectivity index (χ0v) is 13.3. The SMILES string of the molecule is C=C1CCC[C@@]2(C)C1CC[C@@H]1[C@H]3OCC[C@@]3(C)CC[C@@H]12. The van der Waals surface area contributed by atoms with Gasteiger partial charge in [-0.2, -0.15) is 0 Å². The van der Waals surface area contributed by atoms with Gasteiger partial charge in [0.2, 0.25) is 0 Å². The molecule has 1 nitrogen and oxygen atoms in total. The zero-order valence-electron chi connectivity index (χ0n) is 13.3. The third-order valence-corrected chi connectivity index (χ3v) is 7.73. The summed E-state index contributed by atoms with van der Waals surface area (Å²) in [4.78, 5) is 0. The third-order valence-electron chi connectivity index (χ3n) is 7.73. The quantitative estimate of drug-likeness (QED) is 0.567. The molecule has 20 heavy (non-hydrogen) atoms. The van der Waals surface area contributed by atoms with Gasteiger partial charge in [-0.1, -0.05) is 26.0 Å². The molecule has 6 atom stereocenters. The summed E-state index contributed by atoms with van der Waals surface area (Å²) in [6.45, 7) is 10.5. The fourth-order valence-electron chi connectivity index (χ4n) is 6.60. The molecule has 1 unspecified atom stereocenters. The topological polar surface area (TPSA) is 9.23 Å². The second-order valence-corrected chi connectivity index (χ2v) is 8.65. The van der Waals surface area contributed by atoms with Crippen molar-refractivity contribution in [1.29, 1.82) is 0 Å². The van der Waals surface area contributed by atoms with Crippen LogP contribution in [0.1, 0.15) is 65.2 Å². The lowest BCUT2D eigenvalue weighted by Crippen LogP contribution is -2.54. The van der Waals surface area contributed by atoms with Crippen molar-refractivity contribution in [1.82, 2.24) is 0 Å². The summed E-state index contributed by atoms with van der Waals surface area (Å²) in [5, 5.41) is 0. The van der Waals surface area contributed by atoms with Crippen molar-refractivity contribution in [2.24, 2.45) is 28.6 Å². The molecule has 0 N–H and O–H groups in total. The van der Waals surface area contributed by atoms with E-state index in [1.807, 2.05) is 0 Å². The first-order valence-corrected chi connectivity index (χ1v) is 8.84. The minimum Gasteiger partial charge on any atom is -0.377 e. The predicted octanol–water partition coefficient (Wildman–Crippen LogP) is 4.96. The predicted molar refractivity (Wildman–Crippen MR) is 82.5 cm³/mol. The molecular formula is C19H30O. The summed E-state index contributed by atoms with van der Waals surface area (Å²) in [6, 6.07) is 0. The molecular weight excluding hydrogens is 244 g/mol. The van der Waals surface area contributed by atoms with Crippen LogP contribution in [-0.2, 0) is 4.74 Å². The Morgan fingerprint density at radius 3 is 2.80 bits per heavy atom. The van der Waals surface area contributed by atoms with Crippen LogP contribution in [0.5, 0.6) is 0 Å². The number of ether oxygens (including phenoxy) is 1. The first-order valence-electron chi connectivity index (χ1n) is 8.84. The van der Waals surface area contributed by atoms with Gasteiger partial charge in [-0.25, -0.2) is 0 Å². The Morgan fingerprint density at radius 2 is 1.95 bits per heavy atom. The van der Waals surface area contributed by atoms with Crippen molar-refractivity contribution in [2.75, 3.05) is 6.61 Å². The largest absolute Gasteiger partial charge is 0.377 e. The highest BCUT2D eigenvalue weighted by Gasteiger charge is 2.58. The first kappa shape index (κ1) is 13.4. The molecule has 1 saturated heterocycles. The molecule has 0 amide bonds. The number of hydrogen-bond acceptors (Lipinski definition) is 1. The molecule has 1 heteroatoms. The van der Waals surface area contributed by atoms with Gasteiger partial charge < -0.3 is 4.74 Å². The van der Waals surface area contributed by atoms with E-state index in [-0.39, 0.29) is 0 Å².